The normalized spacial score (nSPS) is 12.0. The van der Waals surface area contributed by atoms with Crippen LogP contribution in [0.3, 0.4) is 0 Å². The molecule has 0 aliphatic rings. The quantitative estimate of drug-likeness (QED) is 0.0435. The number of nitrogens with one attached hydrogen (secondary N) is 2. The maximum absolute atomic E-state index is 13.0. The van der Waals surface area contributed by atoms with Gasteiger partial charge in [0, 0.05) is 22.1 Å². The number of fused-ring (bicyclic) bond motifs is 2. The van der Waals surface area contributed by atoms with Gasteiger partial charge in [-0.25, -0.2) is 4.79 Å². The smallest absolute Gasteiger partial charge is 0.323 e. The molecule has 0 atom stereocenters. The van der Waals surface area contributed by atoms with E-state index in [-0.39, 0.29) is 57.1 Å². The first-order valence-electron chi connectivity index (χ1n) is 16.4. The van der Waals surface area contributed by atoms with Crippen LogP contribution in [0.1, 0.15) is 11.1 Å². The van der Waals surface area contributed by atoms with Crippen LogP contribution in [0.4, 0.5) is 38.9 Å². The van der Waals surface area contributed by atoms with Gasteiger partial charge >= 0.3 is 18.0 Å². The molecule has 6 rings (SSSR count). The molecule has 2 amide bonds. The molecule has 0 unspecified atom stereocenters. The lowest BCUT2D eigenvalue weighted by Crippen LogP contribution is -2.19. The molecule has 0 fully saturated rings. The molecular weight excluding hydrogens is 801 g/mol. The highest BCUT2D eigenvalue weighted by Crippen LogP contribution is 2.43. The Hall–Kier alpha value is -7.33. The molecule has 58 heavy (non-hydrogen) atoms. The van der Waals surface area contributed by atoms with Gasteiger partial charge in [-0.3, -0.25) is 18.7 Å². The number of phenolic OH excluding ortho intramolecular Hbond substituents is 2. The van der Waals surface area contributed by atoms with Gasteiger partial charge in [0.15, 0.2) is 11.5 Å². The SMILES string of the molecule is O=C(O)Cc1ccc(N=Nc2c(S(=O)(=O)O)cc3cc(NC(=O)Nc4ccc5c(O)c(N=Nc6ccc(CC(=O)O)cc6)c(S(=O)(=O)O)cc5c4)ccc3c2O)cc1. The first kappa shape index (κ1) is 40.3. The summed E-state index contributed by atoms with van der Waals surface area (Å²) in [5, 5.41) is 60.7. The number of carboxylic acid groups (broad SMARTS) is 2. The minimum absolute atomic E-state index is 0.0574. The summed E-state index contributed by atoms with van der Waals surface area (Å²) in [6.07, 6.45) is -0.475. The number of carbonyl (C=O) groups is 3. The third-order valence-electron chi connectivity index (χ3n) is 8.29. The molecule has 0 radical (unpaired) electrons. The Morgan fingerprint density at radius 1 is 0.517 bits per heavy atom. The predicted octanol–water partition coefficient (Wildman–Crippen LogP) is 7.63. The van der Waals surface area contributed by atoms with Crippen molar-refractivity contribution in [1.82, 2.24) is 0 Å². The van der Waals surface area contributed by atoms with Crippen LogP contribution < -0.4 is 10.6 Å². The summed E-state index contributed by atoms with van der Waals surface area (Å²) < 4.78 is 69.2. The number of rotatable bonds is 12. The number of aromatic hydroxyl groups is 2. The number of nitrogens with zero attached hydrogens (tertiary/aromatic N) is 4. The number of anilines is 2. The van der Waals surface area contributed by atoms with E-state index in [9.17, 15) is 50.5 Å². The van der Waals surface area contributed by atoms with Gasteiger partial charge < -0.3 is 31.1 Å². The highest BCUT2D eigenvalue weighted by atomic mass is 32.2. The number of benzene rings is 6. The number of urea groups is 1. The molecule has 0 spiro atoms. The van der Waals surface area contributed by atoms with Crippen molar-refractivity contribution in [2.45, 2.75) is 22.6 Å². The fraction of sp³-hybridized carbons (Fsp3) is 0.0541. The highest BCUT2D eigenvalue weighted by molar-refractivity contribution is 7.86. The summed E-state index contributed by atoms with van der Waals surface area (Å²) in [5.41, 5.74) is 0.354. The molecule has 6 aromatic carbocycles. The van der Waals surface area contributed by atoms with Crippen LogP contribution in [-0.4, -0.2) is 64.3 Å². The average Bonchev–Trinajstić information content (AvgIpc) is 3.13. The fourth-order valence-electron chi connectivity index (χ4n) is 5.66. The molecule has 296 valence electrons. The van der Waals surface area contributed by atoms with Crippen LogP contribution in [0.25, 0.3) is 21.5 Å². The Bertz CT molecular complexity index is 2740. The molecule has 0 saturated heterocycles. The number of carboxylic acids is 2. The Morgan fingerprint density at radius 2 is 0.879 bits per heavy atom. The lowest BCUT2D eigenvalue weighted by molar-refractivity contribution is -0.137. The largest absolute Gasteiger partial charge is 0.505 e. The van der Waals surface area contributed by atoms with E-state index in [1.807, 2.05) is 0 Å². The van der Waals surface area contributed by atoms with E-state index in [1.165, 1.54) is 84.9 Å². The standard InChI is InChI=1S/C37H28N6O13S2/c44-31(45)13-19-1-5-23(6-2-19)40-42-33-29(57(51,52)53)17-21-15-25(9-11-27(21)35(33)48)38-37(50)39-26-10-12-28-22(16-26)18-30(58(54,55)56)34(36(28)49)43-41-24-7-3-20(4-8-24)14-32(46)47/h1-12,15-18,48-49H,13-14H2,(H,44,45)(H,46,47)(H2,38,39,50)(H,51,52,53)(H,54,55,56). The number of hydrogen-bond donors (Lipinski definition) is 8. The van der Waals surface area contributed by atoms with Crippen LogP contribution in [0.5, 0.6) is 11.5 Å². The Morgan fingerprint density at radius 3 is 1.21 bits per heavy atom. The highest BCUT2D eigenvalue weighted by Gasteiger charge is 2.24. The van der Waals surface area contributed by atoms with Crippen LogP contribution in [0.2, 0.25) is 0 Å². The number of hydrogen-bond acceptors (Lipinski definition) is 13. The van der Waals surface area contributed by atoms with E-state index in [0.717, 1.165) is 12.1 Å². The molecule has 6 aromatic rings. The maximum atomic E-state index is 13.0. The number of azo groups is 2. The number of amides is 2. The fourth-order valence-corrected chi connectivity index (χ4v) is 6.98. The van der Waals surface area contributed by atoms with Crippen molar-refractivity contribution in [3.8, 4) is 11.5 Å². The van der Waals surface area contributed by atoms with Crippen molar-refractivity contribution in [3.63, 3.8) is 0 Å². The van der Waals surface area contributed by atoms with E-state index in [2.05, 4.69) is 31.1 Å². The van der Waals surface area contributed by atoms with Crippen LogP contribution in [-0.2, 0) is 42.7 Å². The summed E-state index contributed by atoms with van der Waals surface area (Å²) in [5.74, 6) is -3.41. The number of aliphatic carboxylic acids is 2. The second kappa shape index (κ2) is 16.0. The third-order valence-corrected chi connectivity index (χ3v) is 10.0. The summed E-state index contributed by atoms with van der Waals surface area (Å²) in [4.78, 5) is 33.3. The summed E-state index contributed by atoms with van der Waals surface area (Å²) in [7, 11) is -9.97. The lowest BCUT2D eigenvalue weighted by Gasteiger charge is -2.13. The van der Waals surface area contributed by atoms with E-state index in [1.54, 1.807) is 0 Å². The van der Waals surface area contributed by atoms with E-state index >= 15 is 0 Å². The van der Waals surface area contributed by atoms with E-state index in [4.69, 9.17) is 10.2 Å². The average molecular weight is 829 g/mol. The van der Waals surface area contributed by atoms with Gasteiger partial charge in [-0.05, 0) is 94.7 Å². The minimum Gasteiger partial charge on any atom is -0.505 e. The van der Waals surface area contributed by atoms with Gasteiger partial charge in [0.25, 0.3) is 20.2 Å². The zero-order valence-electron chi connectivity index (χ0n) is 29.3. The van der Waals surface area contributed by atoms with Gasteiger partial charge in [0.05, 0.1) is 24.2 Å². The van der Waals surface area contributed by atoms with Gasteiger partial charge in [-0.2, -0.15) is 27.1 Å². The Labute approximate surface area is 327 Å². The maximum Gasteiger partial charge on any atom is 0.323 e. The second-order valence-corrected chi connectivity index (χ2v) is 15.2. The Balaban J connectivity index is 1.24. The van der Waals surface area contributed by atoms with Crippen LogP contribution >= 0.6 is 0 Å². The Kier molecular flexibility index (Phi) is 11.1. The second-order valence-electron chi connectivity index (χ2n) is 12.4. The summed E-state index contributed by atoms with van der Waals surface area (Å²) in [6, 6.07) is 20.8. The lowest BCUT2D eigenvalue weighted by atomic mass is 10.1. The monoisotopic (exact) mass is 828 g/mol. The first-order valence-corrected chi connectivity index (χ1v) is 19.3. The zero-order chi connectivity index (χ0) is 41.9. The molecule has 0 aliphatic heterocycles. The number of phenols is 2. The number of carbonyl (C=O) groups excluding carboxylic acids is 1. The van der Waals surface area contributed by atoms with Crippen LogP contribution in [0, 0.1) is 0 Å². The van der Waals surface area contributed by atoms with Crippen molar-refractivity contribution in [2.75, 3.05) is 10.6 Å². The van der Waals surface area contributed by atoms with Gasteiger partial charge in [0.1, 0.15) is 21.2 Å². The summed E-state index contributed by atoms with van der Waals surface area (Å²) >= 11 is 0. The van der Waals surface area contributed by atoms with Crippen molar-refractivity contribution in [3.05, 3.63) is 108 Å². The van der Waals surface area contributed by atoms with Crippen molar-refractivity contribution in [2.24, 2.45) is 20.5 Å². The summed E-state index contributed by atoms with van der Waals surface area (Å²) in [6.45, 7) is 0. The first-order chi connectivity index (χ1) is 27.3. The van der Waals surface area contributed by atoms with E-state index in [0.29, 0.717) is 11.1 Å². The van der Waals surface area contributed by atoms with Crippen molar-refractivity contribution < 1.29 is 60.8 Å². The molecule has 0 aromatic heterocycles. The molecule has 0 aliphatic carbocycles. The minimum atomic E-state index is -4.98. The molecule has 0 bridgehead atoms. The molecule has 19 nitrogen and oxygen atoms in total. The van der Waals surface area contributed by atoms with Crippen molar-refractivity contribution >= 4 is 93.9 Å². The van der Waals surface area contributed by atoms with Gasteiger partial charge in [-0.15, -0.1) is 10.2 Å². The molecule has 0 saturated carbocycles. The molecule has 8 N–H and O–H groups in total. The molecule has 0 heterocycles. The molecule has 21 heteroatoms. The van der Waals surface area contributed by atoms with Gasteiger partial charge in [0.2, 0.25) is 0 Å². The topological polar surface area (TPSA) is 314 Å². The van der Waals surface area contributed by atoms with Gasteiger partial charge in [-0.1, -0.05) is 24.3 Å². The molecular formula is C37H28N6O13S2. The third kappa shape index (κ3) is 9.37. The zero-order valence-corrected chi connectivity index (χ0v) is 30.9. The van der Waals surface area contributed by atoms with Crippen LogP contribution in [0.15, 0.2) is 127 Å². The van der Waals surface area contributed by atoms with Crippen molar-refractivity contribution in [1.29, 1.82) is 0 Å². The predicted molar refractivity (Wildman–Crippen MR) is 207 cm³/mol. The van der Waals surface area contributed by atoms with E-state index < -0.39 is 70.9 Å².